The van der Waals surface area contributed by atoms with E-state index in [-0.39, 0.29) is 12.5 Å². The highest BCUT2D eigenvalue weighted by molar-refractivity contribution is 5.79. The van der Waals surface area contributed by atoms with Crippen LogP contribution in [0.15, 0.2) is 76.2 Å². The monoisotopic (exact) mass is 378 g/mol. The lowest BCUT2D eigenvalue weighted by atomic mass is 10.0. The van der Waals surface area contributed by atoms with E-state index in [1.807, 2.05) is 73.7 Å². The maximum Gasteiger partial charge on any atom is 0.191 e. The molecule has 0 aliphatic carbocycles. The molecule has 0 radical (unpaired) electrons. The molecule has 0 amide bonds. The summed E-state index contributed by atoms with van der Waals surface area (Å²) in [7, 11) is 0. The van der Waals surface area contributed by atoms with Crippen LogP contribution < -0.4 is 10.6 Å². The molecule has 6 nitrogen and oxygen atoms in total. The lowest BCUT2D eigenvalue weighted by molar-refractivity contribution is 0.265. The van der Waals surface area contributed by atoms with Crippen LogP contribution in [0.2, 0.25) is 0 Å². The SMILES string of the molecule is CCNC(=NCc1cc(-c2ccccc2)on1)NCC(CO)c1ccccc1. The molecule has 1 atom stereocenters. The molecule has 1 unspecified atom stereocenters. The lowest BCUT2D eigenvalue weighted by Crippen LogP contribution is -2.39. The highest BCUT2D eigenvalue weighted by atomic mass is 16.5. The van der Waals surface area contributed by atoms with Crippen molar-refractivity contribution in [2.75, 3.05) is 19.7 Å². The fourth-order valence-electron chi connectivity index (χ4n) is 2.86. The highest BCUT2D eigenvalue weighted by Crippen LogP contribution is 2.20. The second-order valence-electron chi connectivity index (χ2n) is 6.41. The maximum absolute atomic E-state index is 9.72. The molecule has 0 bridgehead atoms. The first-order valence-corrected chi connectivity index (χ1v) is 9.49. The molecule has 0 fully saturated rings. The van der Waals surface area contributed by atoms with E-state index in [1.165, 1.54) is 0 Å². The number of aliphatic hydroxyl groups excluding tert-OH is 1. The first-order chi connectivity index (χ1) is 13.8. The smallest absolute Gasteiger partial charge is 0.191 e. The van der Waals surface area contributed by atoms with Crippen LogP contribution in [0.4, 0.5) is 0 Å². The van der Waals surface area contributed by atoms with Crippen LogP contribution in [0.1, 0.15) is 24.1 Å². The largest absolute Gasteiger partial charge is 0.396 e. The zero-order valence-electron chi connectivity index (χ0n) is 16.0. The van der Waals surface area contributed by atoms with Gasteiger partial charge in [0.05, 0.1) is 13.2 Å². The summed E-state index contributed by atoms with van der Waals surface area (Å²) in [5.41, 5.74) is 2.85. The number of hydrogen-bond donors (Lipinski definition) is 3. The molecule has 0 saturated carbocycles. The highest BCUT2D eigenvalue weighted by Gasteiger charge is 2.11. The summed E-state index contributed by atoms with van der Waals surface area (Å²) in [5, 5.41) is 20.3. The molecule has 0 aliphatic heterocycles. The van der Waals surface area contributed by atoms with Crippen LogP contribution in [0, 0.1) is 0 Å². The third-order valence-electron chi connectivity index (χ3n) is 4.37. The molecule has 0 aliphatic rings. The van der Waals surface area contributed by atoms with Gasteiger partial charge in [-0.25, -0.2) is 4.99 Å². The standard InChI is InChI=1S/C22H26N4O2/c1-2-23-22(24-14-19(16-27)17-9-5-3-6-10-17)25-15-20-13-21(28-26-20)18-11-7-4-8-12-18/h3-13,19,27H,2,14-16H2,1H3,(H2,23,24,25). The molecule has 1 aromatic heterocycles. The van der Waals surface area contributed by atoms with Crippen molar-refractivity contribution in [3.8, 4) is 11.3 Å². The minimum atomic E-state index is 0.00166. The number of hydrogen-bond acceptors (Lipinski definition) is 4. The normalized spacial score (nSPS) is 12.6. The zero-order chi connectivity index (χ0) is 19.6. The maximum atomic E-state index is 9.72. The molecule has 146 valence electrons. The summed E-state index contributed by atoms with van der Waals surface area (Å²) in [6, 6.07) is 21.7. The molecular weight excluding hydrogens is 352 g/mol. The molecule has 2 aromatic carbocycles. The van der Waals surface area contributed by atoms with Crippen molar-refractivity contribution in [3.63, 3.8) is 0 Å². The molecule has 3 aromatic rings. The number of rotatable bonds is 8. The third-order valence-corrected chi connectivity index (χ3v) is 4.37. The van der Waals surface area contributed by atoms with Crippen LogP contribution in [0.25, 0.3) is 11.3 Å². The number of aromatic nitrogens is 1. The van der Waals surface area contributed by atoms with Crippen LogP contribution in [0.3, 0.4) is 0 Å². The van der Waals surface area contributed by atoms with Gasteiger partial charge in [0.25, 0.3) is 0 Å². The molecule has 3 rings (SSSR count). The third kappa shape index (κ3) is 5.44. The first kappa shape index (κ1) is 19.6. The molecule has 28 heavy (non-hydrogen) atoms. The molecule has 0 saturated heterocycles. The van der Waals surface area contributed by atoms with Crippen molar-refractivity contribution < 1.29 is 9.63 Å². The number of aliphatic hydroxyl groups is 1. The zero-order valence-corrected chi connectivity index (χ0v) is 16.0. The van der Waals surface area contributed by atoms with Gasteiger partial charge in [-0.2, -0.15) is 0 Å². The van der Waals surface area contributed by atoms with E-state index in [1.54, 1.807) is 0 Å². The van der Waals surface area contributed by atoms with Gasteiger partial charge in [-0.05, 0) is 12.5 Å². The number of aliphatic imine (C=N–C) groups is 1. The Morgan fingerprint density at radius 2 is 1.79 bits per heavy atom. The van der Waals surface area contributed by atoms with E-state index >= 15 is 0 Å². The molecule has 3 N–H and O–H groups in total. The average Bonchev–Trinajstić information content (AvgIpc) is 3.23. The molecule has 6 heteroatoms. The van der Waals surface area contributed by atoms with Crippen molar-refractivity contribution in [2.45, 2.75) is 19.4 Å². The summed E-state index contributed by atoms with van der Waals surface area (Å²) in [6.45, 7) is 3.82. The minimum absolute atomic E-state index is 0.00166. The molecule has 1 heterocycles. The van der Waals surface area contributed by atoms with Gasteiger partial charge in [0.2, 0.25) is 0 Å². The molecular formula is C22H26N4O2. The van der Waals surface area contributed by atoms with Gasteiger partial charge in [-0.3, -0.25) is 0 Å². The van der Waals surface area contributed by atoms with Crippen molar-refractivity contribution in [3.05, 3.63) is 78.0 Å². The Hall–Kier alpha value is -3.12. The van der Waals surface area contributed by atoms with Crippen molar-refractivity contribution >= 4 is 5.96 Å². The Bertz CT molecular complexity index is 863. The number of guanidine groups is 1. The predicted octanol–water partition coefficient (Wildman–Crippen LogP) is 3.17. The average molecular weight is 378 g/mol. The summed E-state index contributed by atoms with van der Waals surface area (Å²) in [6.07, 6.45) is 0. The molecule has 0 spiro atoms. The van der Waals surface area contributed by atoms with Crippen LogP contribution in [-0.2, 0) is 6.54 Å². The number of benzene rings is 2. The van der Waals surface area contributed by atoms with Gasteiger partial charge in [-0.1, -0.05) is 65.8 Å². The van der Waals surface area contributed by atoms with Gasteiger partial charge >= 0.3 is 0 Å². The van der Waals surface area contributed by atoms with Crippen molar-refractivity contribution in [2.24, 2.45) is 4.99 Å². The van der Waals surface area contributed by atoms with Crippen LogP contribution >= 0.6 is 0 Å². The van der Waals surface area contributed by atoms with E-state index in [4.69, 9.17) is 4.52 Å². The van der Waals surface area contributed by atoms with Crippen molar-refractivity contribution in [1.82, 2.24) is 15.8 Å². The van der Waals surface area contributed by atoms with E-state index in [2.05, 4.69) is 20.8 Å². The van der Waals surface area contributed by atoms with E-state index in [9.17, 15) is 5.11 Å². The summed E-state index contributed by atoms with van der Waals surface area (Å²) in [5.74, 6) is 1.41. The Morgan fingerprint density at radius 3 is 2.46 bits per heavy atom. The number of nitrogens with one attached hydrogen (secondary N) is 2. The van der Waals surface area contributed by atoms with E-state index in [0.29, 0.717) is 19.0 Å². The van der Waals surface area contributed by atoms with E-state index < -0.39 is 0 Å². The van der Waals surface area contributed by atoms with Gasteiger partial charge in [-0.15, -0.1) is 0 Å². The quantitative estimate of drug-likeness (QED) is 0.414. The van der Waals surface area contributed by atoms with Crippen LogP contribution in [0.5, 0.6) is 0 Å². The summed E-state index contributed by atoms with van der Waals surface area (Å²) in [4.78, 5) is 4.58. The fraction of sp³-hybridized carbons (Fsp3) is 0.273. The Morgan fingerprint density at radius 1 is 1.07 bits per heavy atom. The van der Waals surface area contributed by atoms with E-state index in [0.717, 1.165) is 29.1 Å². The van der Waals surface area contributed by atoms with Crippen LogP contribution in [-0.4, -0.2) is 35.9 Å². The van der Waals surface area contributed by atoms with Crippen molar-refractivity contribution in [1.29, 1.82) is 0 Å². The second kappa shape index (κ2) is 10.3. The fourth-order valence-corrected chi connectivity index (χ4v) is 2.86. The van der Waals surface area contributed by atoms with Gasteiger partial charge in [0.15, 0.2) is 11.7 Å². The number of nitrogens with zero attached hydrogens (tertiary/aromatic N) is 2. The second-order valence-corrected chi connectivity index (χ2v) is 6.41. The first-order valence-electron chi connectivity index (χ1n) is 9.49. The minimum Gasteiger partial charge on any atom is -0.396 e. The predicted molar refractivity (Wildman–Crippen MR) is 111 cm³/mol. The Kier molecular flexibility index (Phi) is 7.21. The summed E-state index contributed by atoms with van der Waals surface area (Å²) < 4.78 is 5.42. The summed E-state index contributed by atoms with van der Waals surface area (Å²) >= 11 is 0. The Balaban J connectivity index is 1.62. The Labute approximate surface area is 165 Å². The van der Waals surface area contributed by atoms with Gasteiger partial charge in [0, 0.05) is 30.6 Å². The topological polar surface area (TPSA) is 82.7 Å². The van der Waals surface area contributed by atoms with Gasteiger partial charge in [0.1, 0.15) is 5.69 Å². The van der Waals surface area contributed by atoms with Gasteiger partial charge < -0.3 is 20.3 Å². The lowest BCUT2D eigenvalue weighted by Gasteiger charge is -2.17.